The second-order valence-electron chi connectivity index (χ2n) is 4.29. The molecule has 2 nitrogen and oxygen atoms in total. The number of carbonyl (C=O) groups is 1. The van der Waals surface area contributed by atoms with E-state index in [1.807, 2.05) is 30.3 Å². The van der Waals surface area contributed by atoms with Gasteiger partial charge in [-0.3, -0.25) is 4.79 Å². The minimum Gasteiger partial charge on any atom is -0.352 e. The molecule has 2 rings (SSSR count). The molecule has 0 aromatic heterocycles. The number of hydrogen-bond donors (Lipinski definition) is 2. The summed E-state index contributed by atoms with van der Waals surface area (Å²) in [4.78, 5) is 12.7. The summed E-state index contributed by atoms with van der Waals surface area (Å²) in [6.07, 6.45) is 0.765. The van der Waals surface area contributed by atoms with Crippen LogP contribution in [-0.4, -0.2) is 12.5 Å². The molecule has 0 fully saturated rings. The number of nitrogens with one attached hydrogen (secondary N) is 1. The lowest BCUT2D eigenvalue weighted by molar-refractivity contribution is 0.0951. The number of benzene rings is 2. The summed E-state index contributed by atoms with van der Waals surface area (Å²) >= 11 is 13.5. The maximum Gasteiger partial charge on any atom is 0.252 e. The standard InChI is InChI=1S/C15H13BrClNOS/c16-11-3-6-13(14(20)9-11)15(19)18-8-7-10-1-4-12(17)5-2-10/h1-6,9,20H,7-8H2,(H,18,19). The molecule has 20 heavy (non-hydrogen) atoms. The minimum atomic E-state index is -0.114. The molecule has 0 saturated carbocycles. The number of halogens is 2. The van der Waals surface area contributed by atoms with Crippen molar-refractivity contribution in [2.45, 2.75) is 11.3 Å². The lowest BCUT2D eigenvalue weighted by Crippen LogP contribution is -2.26. The van der Waals surface area contributed by atoms with Gasteiger partial charge in [-0.2, -0.15) is 0 Å². The van der Waals surface area contributed by atoms with Crippen LogP contribution >= 0.6 is 40.2 Å². The monoisotopic (exact) mass is 369 g/mol. The Bertz CT molecular complexity index is 616. The Morgan fingerprint density at radius 2 is 1.90 bits per heavy atom. The maximum absolute atomic E-state index is 12.0. The molecular weight excluding hydrogens is 358 g/mol. The second kappa shape index (κ2) is 7.16. The molecular formula is C15H13BrClNOS. The molecule has 0 aliphatic heterocycles. The van der Waals surface area contributed by atoms with Crippen LogP contribution in [0.5, 0.6) is 0 Å². The Morgan fingerprint density at radius 1 is 1.20 bits per heavy atom. The van der Waals surface area contributed by atoms with Crippen LogP contribution in [0.3, 0.4) is 0 Å². The van der Waals surface area contributed by atoms with E-state index in [4.69, 9.17) is 11.6 Å². The summed E-state index contributed by atoms with van der Waals surface area (Å²) in [5.74, 6) is -0.114. The van der Waals surface area contributed by atoms with Crippen molar-refractivity contribution in [3.63, 3.8) is 0 Å². The van der Waals surface area contributed by atoms with Crippen LogP contribution in [-0.2, 0) is 6.42 Å². The van der Waals surface area contributed by atoms with Gasteiger partial charge in [0.05, 0.1) is 5.56 Å². The first-order valence-corrected chi connectivity index (χ1v) is 7.69. The molecule has 1 N–H and O–H groups in total. The van der Waals surface area contributed by atoms with Crippen LogP contribution in [0.25, 0.3) is 0 Å². The van der Waals surface area contributed by atoms with Gasteiger partial charge in [0.2, 0.25) is 0 Å². The molecule has 2 aromatic carbocycles. The van der Waals surface area contributed by atoms with Gasteiger partial charge in [-0.05, 0) is 42.3 Å². The highest BCUT2D eigenvalue weighted by molar-refractivity contribution is 9.10. The van der Waals surface area contributed by atoms with Crippen LogP contribution in [0, 0.1) is 0 Å². The molecule has 2 aromatic rings. The predicted molar refractivity (Wildman–Crippen MR) is 88.9 cm³/mol. The van der Waals surface area contributed by atoms with Crippen LogP contribution in [0.4, 0.5) is 0 Å². The van der Waals surface area contributed by atoms with Gasteiger partial charge in [-0.1, -0.05) is 39.7 Å². The average Bonchev–Trinajstić information content (AvgIpc) is 2.41. The largest absolute Gasteiger partial charge is 0.352 e. The summed E-state index contributed by atoms with van der Waals surface area (Å²) in [6.45, 7) is 0.573. The summed E-state index contributed by atoms with van der Waals surface area (Å²) in [5, 5.41) is 3.60. The third-order valence-electron chi connectivity index (χ3n) is 2.82. The van der Waals surface area contributed by atoms with Gasteiger partial charge in [-0.25, -0.2) is 0 Å². The highest BCUT2D eigenvalue weighted by Crippen LogP contribution is 2.19. The third-order valence-corrected chi connectivity index (χ3v) is 3.93. The van der Waals surface area contributed by atoms with Crippen molar-refractivity contribution < 1.29 is 4.79 Å². The van der Waals surface area contributed by atoms with Crippen molar-refractivity contribution in [2.24, 2.45) is 0 Å². The molecule has 104 valence electrons. The van der Waals surface area contributed by atoms with Gasteiger partial charge in [0.1, 0.15) is 0 Å². The van der Waals surface area contributed by atoms with E-state index < -0.39 is 0 Å². The number of carbonyl (C=O) groups excluding carboxylic acids is 1. The van der Waals surface area contributed by atoms with Crippen molar-refractivity contribution >= 4 is 46.1 Å². The third kappa shape index (κ3) is 4.27. The Labute approximate surface area is 137 Å². The minimum absolute atomic E-state index is 0.114. The maximum atomic E-state index is 12.0. The molecule has 0 saturated heterocycles. The zero-order chi connectivity index (χ0) is 14.5. The van der Waals surface area contributed by atoms with Crippen molar-refractivity contribution in [3.8, 4) is 0 Å². The number of rotatable bonds is 4. The Balaban J connectivity index is 1.90. The van der Waals surface area contributed by atoms with Gasteiger partial charge in [0, 0.05) is 20.9 Å². The summed E-state index contributed by atoms with van der Waals surface area (Å²) < 4.78 is 0.903. The SMILES string of the molecule is O=C(NCCc1ccc(Cl)cc1)c1ccc(Br)cc1S. The zero-order valence-corrected chi connectivity index (χ0v) is 13.8. The van der Waals surface area contributed by atoms with Gasteiger partial charge in [0.15, 0.2) is 0 Å². The van der Waals surface area contributed by atoms with Crippen LogP contribution in [0.1, 0.15) is 15.9 Å². The van der Waals surface area contributed by atoms with Gasteiger partial charge in [0.25, 0.3) is 5.91 Å². The van der Waals surface area contributed by atoms with Gasteiger partial charge < -0.3 is 5.32 Å². The second-order valence-corrected chi connectivity index (χ2v) is 6.13. The summed E-state index contributed by atoms with van der Waals surface area (Å²) in [7, 11) is 0. The highest BCUT2D eigenvalue weighted by Gasteiger charge is 2.09. The van der Waals surface area contributed by atoms with E-state index in [1.165, 1.54) is 0 Å². The Kier molecular flexibility index (Phi) is 5.52. The molecule has 0 heterocycles. The zero-order valence-electron chi connectivity index (χ0n) is 10.6. The summed E-state index contributed by atoms with van der Waals surface area (Å²) in [6, 6.07) is 13.0. The van der Waals surface area contributed by atoms with Crippen molar-refractivity contribution in [1.29, 1.82) is 0 Å². The number of hydrogen-bond acceptors (Lipinski definition) is 2. The quantitative estimate of drug-likeness (QED) is 0.769. The summed E-state index contributed by atoms with van der Waals surface area (Å²) in [5.41, 5.74) is 1.71. The van der Waals surface area contributed by atoms with E-state index in [9.17, 15) is 4.79 Å². The smallest absolute Gasteiger partial charge is 0.252 e. The first-order valence-electron chi connectivity index (χ1n) is 6.07. The molecule has 1 amide bonds. The van der Waals surface area contributed by atoms with Crippen LogP contribution in [0.15, 0.2) is 51.8 Å². The van der Waals surface area contributed by atoms with E-state index in [2.05, 4.69) is 33.9 Å². The normalized spacial score (nSPS) is 10.3. The fourth-order valence-corrected chi connectivity index (χ4v) is 2.74. The molecule has 0 atom stereocenters. The van der Waals surface area contributed by atoms with Gasteiger partial charge in [-0.15, -0.1) is 12.6 Å². The Morgan fingerprint density at radius 3 is 2.55 bits per heavy atom. The average molecular weight is 371 g/mol. The molecule has 0 radical (unpaired) electrons. The molecule has 0 aliphatic rings. The van der Waals surface area contributed by atoms with Crippen LogP contribution in [0.2, 0.25) is 5.02 Å². The van der Waals surface area contributed by atoms with E-state index in [1.54, 1.807) is 12.1 Å². The molecule has 0 unspecified atom stereocenters. The fraction of sp³-hybridized carbons (Fsp3) is 0.133. The topological polar surface area (TPSA) is 29.1 Å². The Hall–Kier alpha value is -0.970. The highest BCUT2D eigenvalue weighted by atomic mass is 79.9. The van der Waals surface area contributed by atoms with E-state index in [-0.39, 0.29) is 5.91 Å². The number of thiol groups is 1. The number of amides is 1. The predicted octanol–water partition coefficient (Wildman–Crippen LogP) is 4.36. The fourth-order valence-electron chi connectivity index (χ4n) is 1.76. The van der Waals surface area contributed by atoms with Crippen molar-refractivity contribution in [2.75, 3.05) is 6.54 Å². The molecule has 0 spiro atoms. The molecule has 0 aliphatic carbocycles. The molecule has 5 heteroatoms. The van der Waals surface area contributed by atoms with E-state index in [0.717, 1.165) is 16.5 Å². The van der Waals surface area contributed by atoms with Crippen molar-refractivity contribution in [1.82, 2.24) is 5.32 Å². The first-order chi connectivity index (χ1) is 9.56. The lowest BCUT2D eigenvalue weighted by Gasteiger charge is -2.08. The van der Waals surface area contributed by atoms with Crippen LogP contribution < -0.4 is 5.32 Å². The van der Waals surface area contributed by atoms with E-state index >= 15 is 0 Å². The van der Waals surface area contributed by atoms with E-state index in [0.29, 0.717) is 22.0 Å². The van der Waals surface area contributed by atoms with Crippen molar-refractivity contribution in [3.05, 3.63) is 63.1 Å². The first kappa shape index (κ1) is 15.4. The molecule has 0 bridgehead atoms. The lowest BCUT2D eigenvalue weighted by atomic mass is 10.1. The van der Waals surface area contributed by atoms with Gasteiger partial charge >= 0.3 is 0 Å².